The second kappa shape index (κ2) is 12.1. The number of aryl methyl sites for hydroxylation is 2. The third kappa shape index (κ3) is 6.72. The molecule has 2 atom stereocenters. The van der Waals surface area contributed by atoms with Crippen LogP contribution in [0.3, 0.4) is 0 Å². The van der Waals surface area contributed by atoms with Crippen molar-refractivity contribution in [2.45, 2.75) is 79.1 Å². The van der Waals surface area contributed by atoms with E-state index in [1.54, 1.807) is 0 Å². The highest BCUT2D eigenvalue weighted by atomic mass is 16.1. The van der Waals surface area contributed by atoms with Gasteiger partial charge in [0.1, 0.15) is 5.78 Å². The lowest BCUT2D eigenvalue weighted by molar-refractivity contribution is -0.119. The largest absolute Gasteiger partial charge is 0.313 e. The van der Waals surface area contributed by atoms with Crippen LogP contribution in [0.5, 0.6) is 0 Å². The van der Waals surface area contributed by atoms with Crippen LogP contribution < -0.4 is 5.32 Å². The minimum Gasteiger partial charge on any atom is -0.313 e. The van der Waals surface area contributed by atoms with E-state index in [9.17, 15) is 4.79 Å². The Morgan fingerprint density at radius 2 is 1.96 bits per heavy atom. The van der Waals surface area contributed by atoms with Gasteiger partial charge in [0.2, 0.25) is 0 Å². The average Bonchev–Trinajstić information content (AvgIpc) is 2.64. The second-order valence-electron chi connectivity index (χ2n) is 7.58. The van der Waals surface area contributed by atoms with E-state index in [-0.39, 0.29) is 0 Å². The number of hydrogen-bond acceptors (Lipinski definition) is 2. The molecule has 1 rings (SSSR count). The summed E-state index contributed by atoms with van der Waals surface area (Å²) in [4.78, 5) is 12.6. The molecule has 0 heterocycles. The molecule has 26 heavy (non-hydrogen) atoms. The van der Waals surface area contributed by atoms with Crippen LogP contribution in [0, 0.1) is 12.8 Å². The maximum atomic E-state index is 12.6. The van der Waals surface area contributed by atoms with Crippen molar-refractivity contribution in [2.75, 3.05) is 13.1 Å². The Balaban J connectivity index is 2.75. The predicted octanol–water partition coefficient (Wildman–Crippen LogP) is 5.76. The van der Waals surface area contributed by atoms with E-state index in [4.69, 9.17) is 0 Å². The van der Waals surface area contributed by atoms with Gasteiger partial charge in [-0.15, -0.1) is 6.58 Å². The van der Waals surface area contributed by atoms with E-state index >= 15 is 0 Å². The molecule has 1 aromatic rings. The number of Topliss-reactive ketones (excluding diaryl/α,β-unsaturated/α-hetero) is 1. The zero-order valence-electron chi connectivity index (χ0n) is 17.7. The third-order valence-corrected chi connectivity index (χ3v) is 5.48. The minimum absolute atomic E-state index is 0.359. The van der Waals surface area contributed by atoms with Gasteiger partial charge < -0.3 is 5.32 Å². The Kier molecular flexibility index (Phi) is 10.5. The third-order valence-electron chi connectivity index (χ3n) is 5.48. The van der Waals surface area contributed by atoms with Crippen molar-refractivity contribution in [3.8, 4) is 0 Å². The van der Waals surface area contributed by atoms with Gasteiger partial charge in [-0.1, -0.05) is 45.9 Å². The van der Waals surface area contributed by atoms with Crippen LogP contribution in [-0.4, -0.2) is 18.9 Å². The molecule has 1 aromatic carbocycles. The van der Waals surface area contributed by atoms with E-state index in [1.165, 1.54) is 22.3 Å². The summed E-state index contributed by atoms with van der Waals surface area (Å²) >= 11 is 0. The number of carbonyl (C=O) groups excluding carboxylic acids is 1. The fourth-order valence-electron chi connectivity index (χ4n) is 3.91. The lowest BCUT2D eigenvalue weighted by Gasteiger charge is -2.23. The van der Waals surface area contributed by atoms with Crippen LogP contribution >= 0.6 is 0 Å². The number of ketones is 1. The number of benzene rings is 1. The fourth-order valence-corrected chi connectivity index (χ4v) is 3.91. The molecule has 0 aliphatic rings. The number of rotatable bonds is 13. The van der Waals surface area contributed by atoms with Crippen LogP contribution in [0.15, 0.2) is 24.8 Å². The number of carbonyl (C=O) groups is 1. The first-order valence-corrected chi connectivity index (χ1v) is 10.4. The minimum atomic E-state index is 0.359. The van der Waals surface area contributed by atoms with Gasteiger partial charge in [0.15, 0.2) is 0 Å². The van der Waals surface area contributed by atoms with Gasteiger partial charge in [-0.25, -0.2) is 0 Å². The van der Waals surface area contributed by atoms with Gasteiger partial charge in [0, 0.05) is 19.4 Å². The normalized spacial score (nSPS) is 13.4. The summed E-state index contributed by atoms with van der Waals surface area (Å²) in [5.41, 5.74) is 5.72. The van der Waals surface area contributed by atoms with Gasteiger partial charge in [0.25, 0.3) is 0 Å². The van der Waals surface area contributed by atoms with Crippen LogP contribution in [0.2, 0.25) is 0 Å². The molecule has 2 heteroatoms. The molecule has 0 fully saturated rings. The first-order valence-electron chi connectivity index (χ1n) is 10.4. The van der Waals surface area contributed by atoms with Gasteiger partial charge >= 0.3 is 0 Å². The first-order chi connectivity index (χ1) is 12.5. The van der Waals surface area contributed by atoms with Crippen LogP contribution in [-0.2, 0) is 17.6 Å². The molecule has 0 saturated heterocycles. The molecule has 0 aliphatic heterocycles. The zero-order valence-corrected chi connectivity index (χ0v) is 17.7. The smallest absolute Gasteiger partial charge is 0.133 e. The molecule has 2 nitrogen and oxygen atoms in total. The molecule has 0 radical (unpaired) electrons. The average molecular weight is 358 g/mol. The molecular formula is C24H39NO. The molecule has 0 aliphatic carbocycles. The molecule has 0 saturated carbocycles. The van der Waals surface area contributed by atoms with Crippen molar-refractivity contribution in [1.82, 2.24) is 5.32 Å². The predicted molar refractivity (Wildman–Crippen MR) is 114 cm³/mol. The van der Waals surface area contributed by atoms with Crippen molar-refractivity contribution in [2.24, 2.45) is 5.92 Å². The van der Waals surface area contributed by atoms with Crippen molar-refractivity contribution in [3.63, 3.8) is 0 Å². The lowest BCUT2D eigenvalue weighted by Crippen LogP contribution is -2.21. The van der Waals surface area contributed by atoms with Crippen molar-refractivity contribution in [3.05, 3.63) is 47.0 Å². The number of hydrogen-bond donors (Lipinski definition) is 1. The van der Waals surface area contributed by atoms with Crippen LogP contribution in [0.25, 0.3) is 0 Å². The van der Waals surface area contributed by atoms with Crippen LogP contribution in [0.1, 0.15) is 81.5 Å². The van der Waals surface area contributed by atoms with E-state index < -0.39 is 0 Å². The molecule has 1 N–H and O–H groups in total. The summed E-state index contributed by atoms with van der Waals surface area (Å²) < 4.78 is 0. The second-order valence-corrected chi connectivity index (χ2v) is 7.58. The number of nitrogens with one attached hydrogen (secondary N) is 1. The summed E-state index contributed by atoms with van der Waals surface area (Å²) in [5.74, 6) is 1.30. The Morgan fingerprint density at radius 1 is 1.23 bits per heavy atom. The monoisotopic (exact) mass is 357 g/mol. The Hall–Kier alpha value is -1.41. The summed E-state index contributed by atoms with van der Waals surface area (Å²) in [6.45, 7) is 16.6. The maximum absolute atomic E-state index is 12.6. The van der Waals surface area contributed by atoms with Gasteiger partial charge in [0.05, 0.1) is 0 Å². The summed E-state index contributed by atoms with van der Waals surface area (Å²) in [5, 5.41) is 3.34. The molecule has 146 valence electrons. The summed E-state index contributed by atoms with van der Waals surface area (Å²) in [6, 6.07) is 4.51. The van der Waals surface area contributed by atoms with Crippen molar-refractivity contribution >= 4 is 5.78 Å². The van der Waals surface area contributed by atoms with E-state index in [1.807, 2.05) is 6.08 Å². The first kappa shape index (κ1) is 22.6. The standard InChI is InChI=1S/C24H39NO/c1-7-15-25-17-18(5)11-14-22(26)16-21(9-3)24-19(6)12-13-20(8-2)23(24)10-4/h7,12-13,18,21,25H,1,8-11,14-17H2,2-6H3. The highest BCUT2D eigenvalue weighted by Gasteiger charge is 2.20. The maximum Gasteiger partial charge on any atom is 0.133 e. The highest BCUT2D eigenvalue weighted by molar-refractivity contribution is 5.79. The highest BCUT2D eigenvalue weighted by Crippen LogP contribution is 2.33. The molecule has 0 amide bonds. The Labute approximate surface area is 161 Å². The molecule has 0 bridgehead atoms. The quantitative estimate of drug-likeness (QED) is 0.359. The molecule has 2 unspecified atom stereocenters. The topological polar surface area (TPSA) is 29.1 Å². The SMILES string of the molecule is C=CCNCC(C)CCC(=O)CC(CC)c1c(C)ccc(CC)c1CC. The van der Waals surface area contributed by atoms with Gasteiger partial charge in [-0.2, -0.15) is 0 Å². The zero-order chi connectivity index (χ0) is 19.5. The van der Waals surface area contributed by atoms with Crippen molar-refractivity contribution < 1.29 is 4.79 Å². The Bertz CT molecular complexity index is 576. The summed E-state index contributed by atoms with van der Waals surface area (Å²) in [7, 11) is 0. The Morgan fingerprint density at radius 3 is 2.54 bits per heavy atom. The molecule has 0 aromatic heterocycles. The fraction of sp³-hybridized carbons (Fsp3) is 0.625. The van der Waals surface area contributed by atoms with Gasteiger partial charge in [-0.3, -0.25) is 4.79 Å². The van der Waals surface area contributed by atoms with Gasteiger partial charge in [-0.05, 0) is 73.2 Å². The van der Waals surface area contributed by atoms with Crippen molar-refractivity contribution in [1.29, 1.82) is 0 Å². The molecule has 0 spiro atoms. The molecular weight excluding hydrogens is 318 g/mol. The van der Waals surface area contributed by atoms with E-state index in [2.05, 4.69) is 58.6 Å². The van der Waals surface area contributed by atoms with E-state index in [0.29, 0.717) is 30.5 Å². The van der Waals surface area contributed by atoms with E-state index in [0.717, 1.165) is 38.8 Å². The van der Waals surface area contributed by atoms with Crippen LogP contribution in [0.4, 0.5) is 0 Å². The lowest BCUT2D eigenvalue weighted by atomic mass is 9.81. The summed E-state index contributed by atoms with van der Waals surface area (Å²) in [6.07, 6.45) is 7.37.